The Hall–Kier alpha value is -2.50. The molecule has 0 saturated heterocycles. The summed E-state index contributed by atoms with van der Waals surface area (Å²) >= 11 is 0. The second-order valence-corrected chi connectivity index (χ2v) is 7.54. The van der Waals surface area contributed by atoms with Crippen molar-refractivity contribution in [3.63, 3.8) is 0 Å². The molecule has 0 aliphatic carbocycles. The average Bonchev–Trinajstić information content (AvgIpc) is 2.57. The summed E-state index contributed by atoms with van der Waals surface area (Å²) in [4.78, 5) is 0. The van der Waals surface area contributed by atoms with Crippen molar-refractivity contribution in [1.82, 2.24) is 4.72 Å². The van der Waals surface area contributed by atoms with Gasteiger partial charge in [-0.25, -0.2) is 13.1 Å². The third-order valence-corrected chi connectivity index (χ3v) is 4.71. The van der Waals surface area contributed by atoms with Crippen molar-refractivity contribution < 1.29 is 26.3 Å². The molecule has 27 heavy (non-hydrogen) atoms. The highest BCUT2D eigenvalue weighted by molar-refractivity contribution is 7.88. The Labute approximate surface area is 156 Å². The molecular weight excluding hydrogens is 379 g/mol. The van der Waals surface area contributed by atoms with E-state index in [0.29, 0.717) is 5.56 Å². The van der Waals surface area contributed by atoms with E-state index in [4.69, 9.17) is 4.74 Å². The summed E-state index contributed by atoms with van der Waals surface area (Å²) in [5.41, 5.74) is 0.828. The maximum atomic E-state index is 12.6. The minimum atomic E-state index is -4.44. The summed E-state index contributed by atoms with van der Waals surface area (Å²) < 4.78 is 69.2. The number of hydrogen-bond acceptors (Lipinski definition) is 3. The van der Waals surface area contributed by atoms with Crippen LogP contribution >= 0.6 is 0 Å². The summed E-state index contributed by atoms with van der Waals surface area (Å²) in [6.07, 6.45) is -4.44. The molecule has 0 aliphatic heterocycles. The Bertz CT molecular complexity index is 944. The first-order chi connectivity index (χ1) is 12.7. The van der Waals surface area contributed by atoms with Gasteiger partial charge < -0.3 is 4.74 Å². The maximum absolute atomic E-state index is 12.6. The van der Waals surface area contributed by atoms with E-state index in [1.54, 1.807) is 18.2 Å². The minimum absolute atomic E-state index is 0.0409. The number of benzene rings is 2. The van der Waals surface area contributed by atoms with Crippen molar-refractivity contribution in [2.45, 2.75) is 18.9 Å². The molecule has 0 atom stereocenters. The zero-order valence-electron chi connectivity index (χ0n) is 14.5. The smallest absolute Gasteiger partial charge is 0.416 e. The van der Waals surface area contributed by atoms with Crippen LogP contribution in [0.4, 0.5) is 13.2 Å². The highest BCUT2D eigenvalue weighted by atomic mass is 32.2. The molecule has 2 rings (SSSR count). The highest BCUT2D eigenvalue weighted by Crippen LogP contribution is 2.31. The van der Waals surface area contributed by atoms with E-state index in [-0.39, 0.29) is 24.7 Å². The maximum Gasteiger partial charge on any atom is 0.416 e. The lowest BCUT2D eigenvalue weighted by Gasteiger charge is -2.08. The Morgan fingerprint density at radius 1 is 1.07 bits per heavy atom. The highest BCUT2D eigenvalue weighted by Gasteiger charge is 2.30. The molecule has 0 saturated carbocycles. The Morgan fingerprint density at radius 3 is 2.52 bits per heavy atom. The standard InChI is InChI=1S/C19H18F3NO3S/c1-15-6-4-7-16(12-15)14-27(24,25)23-10-2-3-11-26-18-9-5-8-17(13-18)19(20,21)22/h4-9,12-13,23H,10-11,14H2,1H3. The van der Waals surface area contributed by atoms with Crippen LogP contribution in [0.5, 0.6) is 5.75 Å². The van der Waals surface area contributed by atoms with Crippen LogP contribution in [0.2, 0.25) is 0 Å². The number of halogens is 3. The van der Waals surface area contributed by atoms with E-state index in [2.05, 4.69) is 16.6 Å². The first-order valence-electron chi connectivity index (χ1n) is 7.94. The number of rotatable bonds is 6. The number of aryl methyl sites for hydroxylation is 1. The summed E-state index contributed by atoms with van der Waals surface area (Å²) in [6.45, 7) is 1.61. The largest absolute Gasteiger partial charge is 0.481 e. The topological polar surface area (TPSA) is 55.4 Å². The Kier molecular flexibility index (Phi) is 6.88. The number of hydrogen-bond donors (Lipinski definition) is 1. The lowest BCUT2D eigenvalue weighted by molar-refractivity contribution is -0.137. The van der Waals surface area contributed by atoms with Crippen molar-refractivity contribution in [1.29, 1.82) is 0 Å². The average molecular weight is 397 g/mol. The lowest BCUT2D eigenvalue weighted by atomic mass is 10.2. The fourth-order valence-corrected chi connectivity index (χ4v) is 3.23. The van der Waals surface area contributed by atoms with Gasteiger partial charge in [-0.2, -0.15) is 13.2 Å². The van der Waals surface area contributed by atoms with Gasteiger partial charge in [0.05, 0.1) is 17.9 Å². The quantitative estimate of drug-likeness (QED) is 0.759. The third kappa shape index (κ3) is 7.33. The normalized spacial score (nSPS) is 11.6. The molecule has 0 aromatic heterocycles. The molecule has 1 N–H and O–H groups in total. The zero-order chi connectivity index (χ0) is 19.9. The molecule has 0 radical (unpaired) electrons. The fourth-order valence-electron chi connectivity index (χ4n) is 2.21. The molecule has 144 valence electrons. The van der Waals surface area contributed by atoms with E-state index >= 15 is 0 Å². The molecule has 0 bridgehead atoms. The molecule has 0 aliphatic rings. The molecule has 0 amide bonds. The van der Waals surface area contributed by atoms with Crippen molar-refractivity contribution in [3.8, 4) is 17.6 Å². The van der Waals surface area contributed by atoms with Gasteiger partial charge in [0.1, 0.15) is 12.4 Å². The van der Waals surface area contributed by atoms with Gasteiger partial charge in [-0.1, -0.05) is 47.7 Å². The van der Waals surface area contributed by atoms with Crippen LogP contribution in [-0.2, 0) is 22.0 Å². The molecule has 4 nitrogen and oxygen atoms in total. The van der Waals surface area contributed by atoms with Crippen LogP contribution in [0.3, 0.4) is 0 Å². The van der Waals surface area contributed by atoms with Crippen LogP contribution in [0.25, 0.3) is 0 Å². The van der Waals surface area contributed by atoms with Gasteiger partial charge >= 0.3 is 6.18 Å². The Morgan fingerprint density at radius 2 is 1.81 bits per heavy atom. The van der Waals surface area contributed by atoms with E-state index in [9.17, 15) is 21.6 Å². The predicted octanol–water partition coefficient (Wildman–Crippen LogP) is 3.52. The second-order valence-electron chi connectivity index (χ2n) is 5.74. The number of alkyl halides is 3. The number of ether oxygens (including phenoxy) is 1. The lowest BCUT2D eigenvalue weighted by Crippen LogP contribution is -2.25. The SMILES string of the molecule is Cc1cccc(CS(=O)(=O)NCC#CCOc2cccc(C(F)(F)F)c2)c1. The van der Waals surface area contributed by atoms with E-state index in [0.717, 1.165) is 17.7 Å². The van der Waals surface area contributed by atoms with E-state index < -0.39 is 21.8 Å². The molecule has 0 unspecified atom stereocenters. The molecule has 8 heteroatoms. The minimum Gasteiger partial charge on any atom is -0.481 e. The molecule has 2 aromatic rings. The number of sulfonamides is 1. The van der Waals surface area contributed by atoms with Crippen molar-refractivity contribution in [2.24, 2.45) is 0 Å². The van der Waals surface area contributed by atoms with Crippen LogP contribution < -0.4 is 9.46 Å². The van der Waals surface area contributed by atoms with Crippen LogP contribution in [0.15, 0.2) is 48.5 Å². The Balaban J connectivity index is 1.80. The second kappa shape index (κ2) is 8.93. The van der Waals surface area contributed by atoms with E-state index in [1.807, 2.05) is 13.0 Å². The van der Waals surface area contributed by atoms with Gasteiger partial charge in [0, 0.05) is 0 Å². The van der Waals surface area contributed by atoms with Gasteiger partial charge in [0.2, 0.25) is 10.0 Å². The first kappa shape index (κ1) is 20.8. The molecular formula is C19H18F3NO3S. The molecule has 0 heterocycles. The van der Waals surface area contributed by atoms with Gasteiger partial charge in [-0.3, -0.25) is 0 Å². The zero-order valence-corrected chi connectivity index (χ0v) is 15.3. The van der Waals surface area contributed by atoms with Gasteiger partial charge in [0.15, 0.2) is 0 Å². The van der Waals surface area contributed by atoms with Crippen molar-refractivity contribution >= 4 is 10.0 Å². The summed E-state index contributed by atoms with van der Waals surface area (Å²) in [6, 6.07) is 11.6. The third-order valence-electron chi connectivity index (χ3n) is 3.42. The van der Waals surface area contributed by atoms with Crippen LogP contribution in [-0.4, -0.2) is 21.6 Å². The molecule has 2 aromatic carbocycles. The summed E-state index contributed by atoms with van der Waals surface area (Å²) in [5.74, 6) is 5.01. The molecule has 0 spiro atoms. The molecule has 0 fully saturated rings. The number of nitrogens with one attached hydrogen (secondary N) is 1. The first-order valence-corrected chi connectivity index (χ1v) is 9.60. The van der Waals surface area contributed by atoms with Crippen LogP contribution in [0, 0.1) is 18.8 Å². The predicted molar refractivity (Wildman–Crippen MR) is 96.5 cm³/mol. The van der Waals surface area contributed by atoms with Gasteiger partial charge in [-0.15, -0.1) is 0 Å². The van der Waals surface area contributed by atoms with Gasteiger partial charge in [-0.05, 0) is 30.7 Å². The van der Waals surface area contributed by atoms with Gasteiger partial charge in [0.25, 0.3) is 0 Å². The monoisotopic (exact) mass is 397 g/mol. The summed E-state index contributed by atoms with van der Waals surface area (Å²) in [7, 11) is -3.53. The van der Waals surface area contributed by atoms with Crippen molar-refractivity contribution in [2.75, 3.05) is 13.2 Å². The fraction of sp³-hybridized carbons (Fsp3) is 0.263. The van der Waals surface area contributed by atoms with Crippen molar-refractivity contribution in [3.05, 3.63) is 65.2 Å². The van der Waals surface area contributed by atoms with E-state index in [1.165, 1.54) is 12.1 Å². The summed E-state index contributed by atoms with van der Waals surface area (Å²) in [5, 5.41) is 0. The van der Waals surface area contributed by atoms with Crippen LogP contribution in [0.1, 0.15) is 16.7 Å².